The van der Waals surface area contributed by atoms with Gasteiger partial charge in [-0.1, -0.05) is 24.3 Å². The van der Waals surface area contributed by atoms with E-state index in [4.69, 9.17) is 5.11 Å². The molecule has 1 aromatic carbocycles. The number of rotatable bonds is 5. The van der Waals surface area contributed by atoms with E-state index in [1.54, 1.807) is 10.9 Å². The van der Waals surface area contributed by atoms with Gasteiger partial charge in [0.05, 0.1) is 18.8 Å². The predicted octanol–water partition coefficient (Wildman–Crippen LogP) is 1.26. The van der Waals surface area contributed by atoms with Crippen LogP contribution in [0.2, 0.25) is 0 Å². The number of hydrogen-bond donors (Lipinski definition) is 3. The fourth-order valence-corrected chi connectivity index (χ4v) is 2.07. The summed E-state index contributed by atoms with van der Waals surface area (Å²) in [5.74, 6) is 0. The van der Waals surface area contributed by atoms with Gasteiger partial charge in [-0.25, -0.2) is 4.79 Å². The maximum Gasteiger partial charge on any atom is 0.404 e. The molecular formula is C14H17N3O3. The topological polar surface area (TPSA) is 87.4 Å². The van der Waals surface area contributed by atoms with Crippen LogP contribution in [0.1, 0.15) is 5.56 Å². The van der Waals surface area contributed by atoms with E-state index >= 15 is 0 Å². The van der Waals surface area contributed by atoms with Crippen LogP contribution in [0, 0.1) is 0 Å². The van der Waals surface area contributed by atoms with E-state index in [0.29, 0.717) is 6.42 Å². The maximum absolute atomic E-state index is 10.6. The summed E-state index contributed by atoms with van der Waals surface area (Å²) in [5.41, 5.74) is 2.97. The molecule has 0 saturated carbocycles. The minimum absolute atomic E-state index is 0.233. The Morgan fingerprint density at radius 3 is 2.85 bits per heavy atom. The minimum Gasteiger partial charge on any atom is -0.465 e. The van der Waals surface area contributed by atoms with Crippen molar-refractivity contribution in [3.63, 3.8) is 0 Å². The highest BCUT2D eigenvalue weighted by molar-refractivity contribution is 5.65. The molecule has 1 amide bonds. The number of aryl methyl sites for hydroxylation is 1. The normalized spacial score (nSPS) is 12.1. The van der Waals surface area contributed by atoms with Gasteiger partial charge in [0.1, 0.15) is 0 Å². The smallest absolute Gasteiger partial charge is 0.404 e. The van der Waals surface area contributed by atoms with Gasteiger partial charge in [-0.05, 0) is 17.5 Å². The van der Waals surface area contributed by atoms with Crippen LogP contribution in [0.3, 0.4) is 0 Å². The molecule has 6 heteroatoms. The molecule has 3 N–H and O–H groups in total. The van der Waals surface area contributed by atoms with Crippen molar-refractivity contribution >= 4 is 6.09 Å². The Hall–Kier alpha value is -2.34. The van der Waals surface area contributed by atoms with Crippen LogP contribution in [0.4, 0.5) is 4.79 Å². The summed E-state index contributed by atoms with van der Waals surface area (Å²) >= 11 is 0. The highest BCUT2D eigenvalue weighted by Gasteiger charge is 2.11. The molecule has 0 aliphatic heterocycles. The molecule has 1 atom stereocenters. The molecule has 20 heavy (non-hydrogen) atoms. The van der Waals surface area contributed by atoms with Crippen molar-refractivity contribution in [3.05, 3.63) is 42.2 Å². The molecule has 0 saturated heterocycles. The van der Waals surface area contributed by atoms with E-state index in [1.165, 1.54) is 0 Å². The maximum atomic E-state index is 10.6. The Morgan fingerprint density at radius 1 is 1.45 bits per heavy atom. The molecule has 0 radical (unpaired) electrons. The van der Waals surface area contributed by atoms with Gasteiger partial charge in [-0.2, -0.15) is 5.10 Å². The standard InChI is InChI=1S/C14H17N3O3/c1-17-8-12(7-15-17)11-4-2-3-10(5-11)6-13(9-18)16-14(19)20/h2-5,7-8,13,16,18H,6,9H2,1H3,(H,19,20)/t13-/m0/s1. The third kappa shape index (κ3) is 3.58. The molecule has 2 aromatic rings. The summed E-state index contributed by atoms with van der Waals surface area (Å²) in [6.07, 6.45) is 3.00. The first-order valence-electron chi connectivity index (χ1n) is 6.27. The second-order valence-electron chi connectivity index (χ2n) is 4.64. The first-order valence-corrected chi connectivity index (χ1v) is 6.27. The third-order valence-electron chi connectivity index (χ3n) is 3.00. The average molecular weight is 275 g/mol. The molecule has 0 spiro atoms. The summed E-state index contributed by atoms with van der Waals surface area (Å²) in [5, 5.41) is 24.3. The van der Waals surface area contributed by atoms with Crippen LogP contribution < -0.4 is 5.32 Å². The van der Waals surface area contributed by atoms with Crippen molar-refractivity contribution in [3.8, 4) is 11.1 Å². The van der Waals surface area contributed by atoms with Gasteiger partial charge in [0, 0.05) is 18.8 Å². The fraction of sp³-hybridized carbons (Fsp3) is 0.286. The molecular weight excluding hydrogens is 258 g/mol. The summed E-state index contributed by atoms with van der Waals surface area (Å²) in [6, 6.07) is 7.26. The molecule has 0 fully saturated rings. The number of aliphatic hydroxyl groups is 1. The van der Waals surface area contributed by atoms with Crippen LogP contribution in [0.5, 0.6) is 0 Å². The van der Waals surface area contributed by atoms with Crippen molar-refractivity contribution in [1.29, 1.82) is 0 Å². The lowest BCUT2D eigenvalue weighted by Gasteiger charge is -2.14. The van der Waals surface area contributed by atoms with E-state index in [9.17, 15) is 9.90 Å². The summed E-state index contributed by atoms with van der Waals surface area (Å²) in [6.45, 7) is -0.233. The van der Waals surface area contributed by atoms with Gasteiger partial charge in [-0.3, -0.25) is 4.68 Å². The fourth-order valence-electron chi connectivity index (χ4n) is 2.07. The molecule has 0 aliphatic rings. The Balaban J connectivity index is 2.15. The van der Waals surface area contributed by atoms with E-state index in [0.717, 1.165) is 16.7 Å². The average Bonchev–Trinajstić information content (AvgIpc) is 2.84. The monoisotopic (exact) mass is 275 g/mol. The Kier molecular flexibility index (Phi) is 4.37. The van der Waals surface area contributed by atoms with E-state index in [2.05, 4.69) is 10.4 Å². The number of carboxylic acid groups (broad SMARTS) is 1. The Labute approximate surface area is 116 Å². The van der Waals surface area contributed by atoms with Crippen molar-refractivity contribution in [2.45, 2.75) is 12.5 Å². The lowest BCUT2D eigenvalue weighted by atomic mass is 10.0. The third-order valence-corrected chi connectivity index (χ3v) is 3.00. The van der Waals surface area contributed by atoms with Crippen LogP contribution in [-0.2, 0) is 13.5 Å². The van der Waals surface area contributed by atoms with Crippen LogP contribution in [0.25, 0.3) is 11.1 Å². The number of aliphatic hydroxyl groups excluding tert-OH is 1. The SMILES string of the molecule is Cn1cc(-c2cccc(C[C@@H](CO)NC(=O)O)c2)cn1. The minimum atomic E-state index is -1.13. The second-order valence-corrected chi connectivity index (χ2v) is 4.64. The molecule has 2 rings (SSSR count). The van der Waals surface area contributed by atoms with E-state index in [-0.39, 0.29) is 6.61 Å². The van der Waals surface area contributed by atoms with Gasteiger partial charge in [0.25, 0.3) is 0 Å². The van der Waals surface area contributed by atoms with Gasteiger partial charge in [0.2, 0.25) is 0 Å². The molecule has 1 aromatic heterocycles. The first kappa shape index (κ1) is 14.1. The summed E-state index contributed by atoms with van der Waals surface area (Å²) in [7, 11) is 1.85. The van der Waals surface area contributed by atoms with Crippen LogP contribution in [0.15, 0.2) is 36.7 Å². The number of carbonyl (C=O) groups is 1. The number of nitrogens with zero attached hydrogens (tertiary/aromatic N) is 2. The van der Waals surface area contributed by atoms with Gasteiger partial charge >= 0.3 is 6.09 Å². The molecule has 106 valence electrons. The van der Waals surface area contributed by atoms with Gasteiger partial charge in [-0.15, -0.1) is 0 Å². The quantitative estimate of drug-likeness (QED) is 0.766. The van der Waals surface area contributed by atoms with Crippen molar-refractivity contribution in [2.24, 2.45) is 7.05 Å². The van der Waals surface area contributed by atoms with Crippen LogP contribution in [-0.4, -0.2) is 38.7 Å². The first-order chi connectivity index (χ1) is 9.58. The van der Waals surface area contributed by atoms with E-state index < -0.39 is 12.1 Å². The second kappa shape index (κ2) is 6.21. The molecule has 1 heterocycles. The number of nitrogens with one attached hydrogen (secondary N) is 1. The lowest BCUT2D eigenvalue weighted by molar-refractivity contribution is 0.177. The highest BCUT2D eigenvalue weighted by Crippen LogP contribution is 2.20. The van der Waals surface area contributed by atoms with Crippen molar-refractivity contribution < 1.29 is 15.0 Å². The molecule has 0 bridgehead atoms. The van der Waals surface area contributed by atoms with E-state index in [1.807, 2.05) is 37.5 Å². The lowest BCUT2D eigenvalue weighted by Crippen LogP contribution is -2.38. The molecule has 0 aliphatic carbocycles. The van der Waals surface area contributed by atoms with Crippen LogP contribution >= 0.6 is 0 Å². The Bertz CT molecular complexity index is 595. The predicted molar refractivity (Wildman–Crippen MR) is 74.4 cm³/mol. The Morgan fingerprint density at radius 2 is 2.25 bits per heavy atom. The van der Waals surface area contributed by atoms with Gasteiger partial charge in [0.15, 0.2) is 0 Å². The molecule has 6 nitrogen and oxygen atoms in total. The van der Waals surface area contributed by atoms with Crippen molar-refractivity contribution in [1.82, 2.24) is 15.1 Å². The number of benzene rings is 1. The largest absolute Gasteiger partial charge is 0.465 e. The van der Waals surface area contributed by atoms with Gasteiger partial charge < -0.3 is 15.5 Å². The summed E-state index contributed by atoms with van der Waals surface area (Å²) in [4.78, 5) is 10.6. The highest BCUT2D eigenvalue weighted by atomic mass is 16.4. The number of hydrogen-bond acceptors (Lipinski definition) is 3. The zero-order chi connectivity index (χ0) is 14.5. The number of amides is 1. The zero-order valence-electron chi connectivity index (χ0n) is 11.2. The summed E-state index contributed by atoms with van der Waals surface area (Å²) < 4.78 is 1.73. The zero-order valence-corrected chi connectivity index (χ0v) is 11.2. The van der Waals surface area contributed by atoms with Crippen molar-refractivity contribution in [2.75, 3.05) is 6.61 Å². The molecule has 0 unspecified atom stereocenters. The number of aromatic nitrogens is 2.